The third kappa shape index (κ3) is 1.51. The second-order valence-electron chi connectivity index (χ2n) is 7.19. The Hall–Kier alpha value is -0.910. The summed E-state index contributed by atoms with van der Waals surface area (Å²) in [5.74, 6) is -0.274. The highest BCUT2D eigenvalue weighted by Gasteiger charge is 2.72. The quantitative estimate of drug-likeness (QED) is 0.721. The van der Waals surface area contributed by atoms with Gasteiger partial charge in [0.15, 0.2) is 0 Å². The number of nitrogens with zero attached hydrogens (tertiary/aromatic N) is 1. The van der Waals surface area contributed by atoms with E-state index in [2.05, 4.69) is 13.8 Å². The molecule has 1 amide bonds. The Labute approximate surface area is 119 Å². The van der Waals surface area contributed by atoms with Crippen molar-refractivity contribution in [1.82, 2.24) is 4.31 Å². The molecule has 2 saturated carbocycles. The lowest BCUT2D eigenvalue weighted by molar-refractivity contribution is -0.133. The van der Waals surface area contributed by atoms with Gasteiger partial charge in [-0.2, -0.15) is 0 Å². The molecule has 112 valence electrons. The first kappa shape index (κ1) is 14.0. The van der Waals surface area contributed by atoms with Crippen molar-refractivity contribution >= 4 is 21.7 Å². The topological polar surface area (TPSA) is 71.5 Å². The molecule has 3 fully saturated rings. The van der Waals surface area contributed by atoms with Gasteiger partial charge in [-0.25, -0.2) is 12.7 Å². The Kier molecular flexibility index (Phi) is 2.70. The van der Waals surface area contributed by atoms with Crippen LogP contribution in [0.5, 0.6) is 0 Å². The van der Waals surface area contributed by atoms with E-state index >= 15 is 0 Å². The van der Waals surface area contributed by atoms with Gasteiger partial charge < -0.3 is 0 Å². The van der Waals surface area contributed by atoms with Crippen LogP contribution in [0.4, 0.5) is 0 Å². The molecule has 0 aromatic rings. The molecule has 0 unspecified atom stereocenters. The minimum atomic E-state index is -3.57. The molecule has 2 bridgehead atoms. The van der Waals surface area contributed by atoms with Crippen LogP contribution in [-0.4, -0.2) is 36.2 Å². The zero-order valence-electron chi connectivity index (χ0n) is 12.2. The molecular weight excluding hydrogens is 278 g/mol. The third-order valence-electron chi connectivity index (χ3n) is 6.06. The molecule has 3 rings (SSSR count). The fraction of sp³-hybridized carbons (Fsp3) is 0.857. The average molecular weight is 299 g/mol. The number of hydrogen-bond donors (Lipinski definition) is 0. The van der Waals surface area contributed by atoms with E-state index in [1.165, 1.54) is 6.92 Å². The summed E-state index contributed by atoms with van der Waals surface area (Å²) in [6.45, 7) is 5.60. The molecule has 1 aliphatic heterocycles. The van der Waals surface area contributed by atoms with Crippen LogP contribution in [0.15, 0.2) is 0 Å². The van der Waals surface area contributed by atoms with E-state index in [-0.39, 0.29) is 34.8 Å². The van der Waals surface area contributed by atoms with Gasteiger partial charge in [0.05, 0.1) is 18.2 Å². The molecule has 1 heterocycles. The minimum Gasteiger partial charge on any atom is -0.299 e. The van der Waals surface area contributed by atoms with E-state index in [0.29, 0.717) is 5.92 Å². The summed E-state index contributed by atoms with van der Waals surface area (Å²) in [5, 5.41) is 0. The van der Waals surface area contributed by atoms with Gasteiger partial charge in [-0.1, -0.05) is 13.8 Å². The van der Waals surface area contributed by atoms with Crippen LogP contribution < -0.4 is 0 Å². The molecule has 1 saturated heterocycles. The number of carbonyl (C=O) groups excluding carboxylic acids is 2. The first-order chi connectivity index (χ1) is 9.12. The van der Waals surface area contributed by atoms with Crippen molar-refractivity contribution in [3.63, 3.8) is 0 Å². The van der Waals surface area contributed by atoms with Gasteiger partial charge >= 0.3 is 0 Å². The van der Waals surface area contributed by atoms with Gasteiger partial charge in [0.1, 0.15) is 5.78 Å². The molecule has 5 nitrogen and oxygen atoms in total. The van der Waals surface area contributed by atoms with Crippen LogP contribution in [0.2, 0.25) is 0 Å². The van der Waals surface area contributed by atoms with Crippen LogP contribution in [0.25, 0.3) is 0 Å². The van der Waals surface area contributed by atoms with Crippen LogP contribution in [0, 0.1) is 16.7 Å². The zero-order valence-corrected chi connectivity index (χ0v) is 13.0. The summed E-state index contributed by atoms with van der Waals surface area (Å²) >= 11 is 0. The molecule has 0 aromatic heterocycles. The molecular formula is C14H21NO4S. The number of Topliss-reactive ketones (excluding diaryl/α,β-unsaturated/α-hetero) is 1. The van der Waals surface area contributed by atoms with Gasteiger partial charge in [-0.15, -0.1) is 0 Å². The summed E-state index contributed by atoms with van der Waals surface area (Å²) in [6, 6.07) is -0.229. The molecule has 3 aliphatic rings. The zero-order chi connectivity index (χ0) is 14.9. The van der Waals surface area contributed by atoms with E-state index in [4.69, 9.17) is 0 Å². The largest absolute Gasteiger partial charge is 0.299 e. The summed E-state index contributed by atoms with van der Waals surface area (Å²) in [4.78, 5) is 23.4. The lowest BCUT2D eigenvalue weighted by atomic mass is 9.69. The summed E-state index contributed by atoms with van der Waals surface area (Å²) in [6.07, 6.45) is 2.37. The maximum atomic E-state index is 12.5. The molecule has 3 atom stereocenters. The van der Waals surface area contributed by atoms with Crippen LogP contribution >= 0.6 is 0 Å². The predicted octanol–water partition coefficient (Wildman–Crippen LogP) is 1.33. The first-order valence-electron chi connectivity index (χ1n) is 7.16. The van der Waals surface area contributed by atoms with Crippen molar-refractivity contribution in [2.45, 2.75) is 52.5 Å². The first-order valence-corrected chi connectivity index (χ1v) is 8.77. The Balaban J connectivity index is 2.02. The molecule has 20 heavy (non-hydrogen) atoms. The minimum absolute atomic E-state index is 0.0456. The highest BCUT2D eigenvalue weighted by atomic mass is 32.2. The van der Waals surface area contributed by atoms with Gasteiger partial charge in [0.2, 0.25) is 15.9 Å². The van der Waals surface area contributed by atoms with E-state index in [0.717, 1.165) is 23.6 Å². The van der Waals surface area contributed by atoms with Crippen molar-refractivity contribution < 1.29 is 18.0 Å². The van der Waals surface area contributed by atoms with Crippen molar-refractivity contribution in [2.24, 2.45) is 16.7 Å². The number of fused-ring (bicyclic) bond motifs is 1. The van der Waals surface area contributed by atoms with Crippen LogP contribution in [-0.2, 0) is 19.6 Å². The number of carbonyl (C=O) groups is 2. The highest BCUT2D eigenvalue weighted by molar-refractivity contribution is 7.90. The second kappa shape index (κ2) is 3.84. The highest BCUT2D eigenvalue weighted by Crippen LogP contribution is 2.69. The van der Waals surface area contributed by atoms with Gasteiger partial charge in [-0.05, 0) is 37.5 Å². The number of amides is 1. The second-order valence-corrected chi connectivity index (χ2v) is 9.04. The SMILES string of the molecule is CC(=O)CC(=O)N1[C@H]2C[C@H]3CC[C@]2(CS1(=O)=O)C3(C)C. The monoisotopic (exact) mass is 299 g/mol. The summed E-state index contributed by atoms with van der Waals surface area (Å²) in [7, 11) is -3.57. The normalized spacial score (nSPS) is 39.9. The lowest BCUT2D eigenvalue weighted by Gasteiger charge is -2.37. The number of sulfonamides is 1. The Morgan fingerprint density at radius 1 is 1.30 bits per heavy atom. The lowest BCUT2D eigenvalue weighted by Crippen LogP contribution is -2.44. The van der Waals surface area contributed by atoms with E-state index in [9.17, 15) is 18.0 Å². The molecule has 0 radical (unpaired) electrons. The van der Waals surface area contributed by atoms with E-state index in [1.54, 1.807) is 0 Å². The van der Waals surface area contributed by atoms with E-state index < -0.39 is 15.9 Å². The fourth-order valence-electron chi connectivity index (χ4n) is 4.91. The Morgan fingerprint density at radius 2 is 1.95 bits per heavy atom. The summed E-state index contributed by atoms with van der Waals surface area (Å²) < 4.78 is 26.0. The van der Waals surface area contributed by atoms with Crippen molar-refractivity contribution in [2.75, 3.05) is 5.75 Å². The van der Waals surface area contributed by atoms with Crippen LogP contribution in [0.3, 0.4) is 0 Å². The number of ketones is 1. The third-order valence-corrected chi connectivity index (χ3v) is 7.99. The van der Waals surface area contributed by atoms with Gasteiger partial charge in [0, 0.05) is 5.41 Å². The molecule has 2 aliphatic carbocycles. The van der Waals surface area contributed by atoms with Crippen molar-refractivity contribution in [3.05, 3.63) is 0 Å². The Bertz CT molecular complexity index is 594. The fourth-order valence-corrected chi connectivity index (χ4v) is 7.46. The number of rotatable bonds is 2. The molecule has 6 heteroatoms. The molecule has 0 N–H and O–H groups in total. The van der Waals surface area contributed by atoms with Gasteiger partial charge in [0.25, 0.3) is 0 Å². The van der Waals surface area contributed by atoms with Crippen LogP contribution in [0.1, 0.15) is 46.5 Å². The molecule has 1 spiro atoms. The Morgan fingerprint density at radius 3 is 2.50 bits per heavy atom. The maximum absolute atomic E-state index is 12.5. The standard InChI is InChI=1S/C14H21NO4S/c1-9(16)6-12(17)15-11-7-10-4-5-14(11,13(10,2)3)8-20(15,18)19/h10-11H,4-8H2,1-3H3/t10-,11+,14-/m1/s1. The van der Waals surface area contributed by atoms with Crippen molar-refractivity contribution in [1.29, 1.82) is 0 Å². The summed E-state index contributed by atoms with van der Waals surface area (Å²) in [5.41, 5.74) is -0.348. The van der Waals surface area contributed by atoms with E-state index in [1.807, 2.05) is 0 Å². The maximum Gasteiger partial charge on any atom is 0.243 e. The van der Waals surface area contributed by atoms with Gasteiger partial charge in [-0.3, -0.25) is 9.59 Å². The average Bonchev–Trinajstić information content (AvgIpc) is 2.73. The molecule has 0 aromatic carbocycles. The smallest absolute Gasteiger partial charge is 0.243 e. The van der Waals surface area contributed by atoms with Crippen molar-refractivity contribution in [3.8, 4) is 0 Å². The number of hydrogen-bond acceptors (Lipinski definition) is 4. The predicted molar refractivity (Wildman–Crippen MR) is 73.3 cm³/mol.